The van der Waals surface area contributed by atoms with E-state index in [0.29, 0.717) is 27.2 Å². The van der Waals surface area contributed by atoms with Crippen LogP contribution in [0.4, 0.5) is 11.4 Å². The van der Waals surface area contributed by atoms with E-state index in [2.05, 4.69) is 19.1 Å². The summed E-state index contributed by atoms with van der Waals surface area (Å²) in [5, 5.41) is 11.8. The lowest BCUT2D eigenvalue weighted by Crippen LogP contribution is -2.40. The molecule has 2 fully saturated rings. The van der Waals surface area contributed by atoms with Crippen LogP contribution in [0.5, 0.6) is 0 Å². The molecular formula is C28H27N3O4S. The van der Waals surface area contributed by atoms with Gasteiger partial charge in [-0.1, -0.05) is 50.5 Å². The highest BCUT2D eigenvalue weighted by molar-refractivity contribution is 8.18. The van der Waals surface area contributed by atoms with Crippen LogP contribution in [0.1, 0.15) is 50.4 Å². The molecular weight excluding hydrogens is 474 g/mol. The van der Waals surface area contributed by atoms with E-state index in [4.69, 9.17) is 9.41 Å². The Morgan fingerprint density at radius 1 is 1.11 bits per heavy atom. The van der Waals surface area contributed by atoms with Crippen molar-refractivity contribution >= 4 is 40.3 Å². The molecule has 36 heavy (non-hydrogen) atoms. The Labute approximate surface area is 214 Å². The summed E-state index contributed by atoms with van der Waals surface area (Å²) < 4.78 is 5.95. The number of nitrogens with zero attached hydrogens (tertiary/aromatic N) is 3. The Bertz CT molecular complexity index is 1340. The van der Waals surface area contributed by atoms with Gasteiger partial charge in [-0.05, 0) is 60.9 Å². The molecule has 1 aliphatic heterocycles. The molecule has 2 heterocycles. The number of rotatable bonds is 6. The van der Waals surface area contributed by atoms with Crippen LogP contribution in [0.15, 0.2) is 75.0 Å². The topological polar surface area (TPSA) is 89.0 Å². The fraction of sp³-hybridized carbons (Fsp3) is 0.286. The van der Waals surface area contributed by atoms with Crippen LogP contribution in [-0.2, 0) is 11.2 Å². The van der Waals surface area contributed by atoms with Crippen molar-refractivity contribution in [2.24, 2.45) is 4.99 Å². The molecule has 0 N–H and O–H groups in total. The van der Waals surface area contributed by atoms with E-state index in [1.165, 1.54) is 35.9 Å². The molecule has 184 valence electrons. The number of furan rings is 1. The lowest BCUT2D eigenvalue weighted by Gasteiger charge is -2.30. The van der Waals surface area contributed by atoms with Gasteiger partial charge in [0.2, 0.25) is 0 Å². The minimum atomic E-state index is -0.431. The molecule has 0 atom stereocenters. The van der Waals surface area contributed by atoms with Gasteiger partial charge in [0, 0.05) is 29.8 Å². The third kappa shape index (κ3) is 5.14. The first kappa shape index (κ1) is 24.1. The second kappa shape index (κ2) is 10.5. The summed E-state index contributed by atoms with van der Waals surface area (Å²) in [4.78, 5) is 31.5. The van der Waals surface area contributed by atoms with Crippen molar-refractivity contribution in [3.05, 3.63) is 87.0 Å². The summed E-state index contributed by atoms with van der Waals surface area (Å²) >= 11 is 1.37. The zero-order chi connectivity index (χ0) is 25.1. The van der Waals surface area contributed by atoms with Crippen molar-refractivity contribution in [3.8, 4) is 11.3 Å². The number of carbonyl (C=O) groups is 1. The van der Waals surface area contributed by atoms with Crippen LogP contribution in [-0.4, -0.2) is 26.9 Å². The third-order valence-electron chi connectivity index (χ3n) is 6.59. The summed E-state index contributed by atoms with van der Waals surface area (Å²) in [6.45, 7) is 2.12. The predicted molar refractivity (Wildman–Crippen MR) is 143 cm³/mol. The third-order valence-corrected chi connectivity index (χ3v) is 7.57. The molecule has 1 amide bonds. The number of hydrogen-bond acceptors (Lipinski definition) is 6. The second-order valence-corrected chi connectivity index (χ2v) is 10.0. The molecule has 1 aromatic heterocycles. The Morgan fingerprint density at radius 3 is 2.61 bits per heavy atom. The number of amides is 1. The average molecular weight is 502 g/mol. The number of aliphatic imine (C=N–C) groups is 1. The van der Waals surface area contributed by atoms with E-state index in [0.717, 1.165) is 37.8 Å². The van der Waals surface area contributed by atoms with Crippen molar-refractivity contribution in [1.82, 2.24) is 4.90 Å². The molecule has 0 spiro atoms. The number of thioether (sulfide) groups is 1. The van der Waals surface area contributed by atoms with Crippen molar-refractivity contribution in [2.45, 2.75) is 51.5 Å². The Balaban J connectivity index is 1.44. The monoisotopic (exact) mass is 501 g/mol. The van der Waals surface area contributed by atoms with Crippen molar-refractivity contribution in [3.63, 3.8) is 0 Å². The smallest absolute Gasteiger partial charge is 0.270 e. The fourth-order valence-corrected chi connectivity index (χ4v) is 5.67. The van der Waals surface area contributed by atoms with Crippen LogP contribution in [0.3, 0.4) is 0 Å². The first-order chi connectivity index (χ1) is 17.5. The summed E-state index contributed by atoms with van der Waals surface area (Å²) in [5.41, 5.74) is 2.69. The number of non-ortho nitro benzene ring substituents is 1. The van der Waals surface area contributed by atoms with Gasteiger partial charge in [0.1, 0.15) is 11.5 Å². The number of nitro groups is 1. The SMILES string of the molecule is CCc1ccc(N=C2SC(=Cc3ccc(-c4cccc([N+](=O)[O-])c4)o3)C(=O)N2C2CCCCC2)cc1. The summed E-state index contributed by atoms with van der Waals surface area (Å²) in [7, 11) is 0. The molecule has 1 aliphatic carbocycles. The normalized spacial score (nSPS) is 18.9. The highest BCUT2D eigenvalue weighted by Gasteiger charge is 2.38. The fourth-order valence-electron chi connectivity index (χ4n) is 4.63. The molecule has 8 heteroatoms. The van der Waals surface area contributed by atoms with E-state index in [1.54, 1.807) is 30.3 Å². The van der Waals surface area contributed by atoms with Crippen LogP contribution in [0, 0.1) is 10.1 Å². The van der Waals surface area contributed by atoms with Crippen molar-refractivity contribution < 1.29 is 14.1 Å². The summed E-state index contributed by atoms with van der Waals surface area (Å²) in [5.74, 6) is 0.976. The molecule has 0 unspecified atom stereocenters. The number of hydrogen-bond donors (Lipinski definition) is 0. The number of aryl methyl sites for hydroxylation is 1. The first-order valence-corrected chi connectivity index (χ1v) is 13.1. The highest BCUT2D eigenvalue weighted by Crippen LogP contribution is 2.39. The predicted octanol–water partition coefficient (Wildman–Crippen LogP) is 7.35. The van der Waals surface area contributed by atoms with Crippen LogP contribution < -0.4 is 0 Å². The van der Waals surface area contributed by atoms with Gasteiger partial charge < -0.3 is 4.42 Å². The standard InChI is InChI=1S/C28H27N3O4S/c1-2-19-11-13-21(14-12-19)29-28-30(22-8-4-3-5-9-22)27(32)26(36-28)18-24-15-16-25(35-24)20-7-6-10-23(17-20)31(33)34/h6-7,10-18,22H,2-5,8-9H2,1H3. The largest absolute Gasteiger partial charge is 0.457 e. The average Bonchev–Trinajstić information content (AvgIpc) is 3.49. The van der Waals surface area contributed by atoms with Crippen LogP contribution in [0.2, 0.25) is 0 Å². The number of amidine groups is 1. The van der Waals surface area contributed by atoms with Gasteiger partial charge in [-0.15, -0.1) is 0 Å². The Morgan fingerprint density at radius 2 is 1.89 bits per heavy atom. The maximum Gasteiger partial charge on any atom is 0.270 e. The van der Waals surface area contributed by atoms with E-state index >= 15 is 0 Å². The second-order valence-electron chi connectivity index (χ2n) is 9.00. The number of benzene rings is 2. The minimum Gasteiger partial charge on any atom is -0.457 e. The van der Waals surface area contributed by atoms with Gasteiger partial charge in [-0.3, -0.25) is 19.8 Å². The maximum atomic E-state index is 13.5. The lowest BCUT2D eigenvalue weighted by atomic mass is 9.94. The molecule has 7 nitrogen and oxygen atoms in total. The van der Waals surface area contributed by atoms with E-state index in [9.17, 15) is 14.9 Å². The van der Waals surface area contributed by atoms with E-state index in [1.807, 2.05) is 17.0 Å². The Hall–Kier alpha value is -3.65. The van der Waals surface area contributed by atoms with Gasteiger partial charge in [-0.2, -0.15) is 0 Å². The highest BCUT2D eigenvalue weighted by atomic mass is 32.2. The van der Waals surface area contributed by atoms with Gasteiger partial charge >= 0.3 is 0 Å². The molecule has 0 radical (unpaired) electrons. The molecule has 0 bridgehead atoms. The molecule has 2 aromatic carbocycles. The minimum absolute atomic E-state index is 0.00118. The Kier molecular flexibility index (Phi) is 7.04. The van der Waals surface area contributed by atoms with Gasteiger partial charge in [-0.25, -0.2) is 4.99 Å². The molecule has 1 saturated heterocycles. The van der Waals surface area contributed by atoms with Crippen molar-refractivity contribution in [1.29, 1.82) is 0 Å². The van der Waals surface area contributed by atoms with Gasteiger partial charge in [0.25, 0.3) is 11.6 Å². The molecule has 1 saturated carbocycles. The lowest BCUT2D eigenvalue weighted by molar-refractivity contribution is -0.384. The van der Waals surface area contributed by atoms with Crippen molar-refractivity contribution in [2.75, 3.05) is 0 Å². The first-order valence-electron chi connectivity index (χ1n) is 12.3. The number of carbonyl (C=O) groups excluding carboxylic acids is 1. The van der Waals surface area contributed by atoms with Gasteiger partial charge in [0.15, 0.2) is 5.17 Å². The quantitative estimate of drug-likeness (QED) is 0.200. The number of nitro benzene ring substituents is 1. The zero-order valence-corrected chi connectivity index (χ0v) is 20.9. The van der Waals surface area contributed by atoms with Crippen LogP contribution in [0.25, 0.3) is 17.4 Å². The molecule has 5 rings (SSSR count). The molecule has 3 aromatic rings. The van der Waals surface area contributed by atoms with E-state index < -0.39 is 4.92 Å². The zero-order valence-electron chi connectivity index (χ0n) is 20.1. The van der Waals surface area contributed by atoms with Crippen LogP contribution >= 0.6 is 11.8 Å². The molecule has 2 aliphatic rings. The summed E-state index contributed by atoms with van der Waals surface area (Å²) in [6, 6.07) is 18.1. The van der Waals surface area contributed by atoms with E-state index in [-0.39, 0.29) is 17.6 Å². The van der Waals surface area contributed by atoms with Gasteiger partial charge in [0.05, 0.1) is 15.5 Å². The maximum absolute atomic E-state index is 13.5. The summed E-state index contributed by atoms with van der Waals surface area (Å²) in [6.07, 6.45) is 8.09.